The Morgan fingerprint density at radius 1 is 0.833 bits per heavy atom. The monoisotopic (exact) mass is 398 g/mol. The number of fused-ring (bicyclic) bond motifs is 4. The highest BCUT2D eigenvalue weighted by molar-refractivity contribution is 5.78. The van der Waals surface area contributed by atoms with Crippen LogP contribution in [0.15, 0.2) is 83.7 Å². The van der Waals surface area contributed by atoms with Gasteiger partial charge in [-0.05, 0) is 29.5 Å². The predicted octanol–water partition coefficient (Wildman–Crippen LogP) is 4.02. The van der Waals surface area contributed by atoms with E-state index in [9.17, 15) is 9.59 Å². The Morgan fingerprint density at radius 3 is 2.17 bits per heavy atom. The normalized spacial score (nSPS) is 20.1. The van der Waals surface area contributed by atoms with Crippen molar-refractivity contribution in [3.63, 3.8) is 0 Å². The Morgan fingerprint density at radius 2 is 1.50 bits per heavy atom. The molecule has 1 fully saturated rings. The van der Waals surface area contributed by atoms with E-state index in [2.05, 4.69) is 24.3 Å². The van der Waals surface area contributed by atoms with E-state index in [1.807, 2.05) is 58.0 Å². The molecule has 2 aliphatic rings. The van der Waals surface area contributed by atoms with Gasteiger partial charge in [0.2, 0.25) is 5.91 Å². The predicted molar refractivity (Wildman–Crippen MR) is 117 cm³/mol. The Balaban J connectivity index is 1.39. The Kier molecular flexibility index (Phi) is 4.99. The van der Waals surface area contributed by atoms with Crippen LogP contribution in [-0.2, 0) is 11.3 Å². The molecule has 2 aliphatic heterocycles. The second-order valence-corrected chi connectivity index (χ2v) is 8.57. The summed E-state index contributed by atoms with van der Waals surface area (Å²) in [6.07, 6.45) is 1.53. The van der Waals surface area contributed by atoms with Gasteiger partial charge in [0, 0.05) is 49.7 Å². The van der Waals surface area contributed by atoms with Crippen molar-refractivity contribution < 1.29 is 4.79 Å². The fraction of sp³-hybridized carbons (Fsp3) is 0.308. The van der Waals surface area contributed by atoms with Gasteiger partial charge in [-0.15, -0.1) is 0 Å². The SMILES string of the molecule is O=C(CC(c1ccccc1)c1ccccc1)N1C[C@H]2C[C@@H](C1)c1cccc(=O)n1C2. The molecule has 4 nitrogen and oxygen atoms in total. The van der Waals surface area contributed by atoms with Gasteiger partial charge >= 0.3 is 0 Å². The number of carbonyl (C=O) groups is 1. The summed E-state index contributed by atoms with van der Waals surface area (Å²) in [7, 11) is 0. The number of aromatic nitrogens is 1. The quantitative estimate of drug-likeness (QED) is 0.666. The number of hydrogen-bond donors (Lipinski definition) is 0. The number of rotatable bonds is 4. The third-order valence-corrected chi connectivity index (χ3v) is 6.62. The molecule has 2 aromatic carbocycles. The summed E-state index contributed by atoms with van der Waals surface area (Å²) < 4.78 is 1.91. The summed E-state index contributed by atoms with van der Waals surface area (Å²) in [4.78, 5) is 27.7. The molecule has 30 heavy (non-hydrogen) atoms. The van der Waals surface area contributed by atoms with Crippen LogP contribution in [-0.4, -0.2) is 28.5 Å². The molecule has 1 amide bonds. The molecule has 0 spiro atoms. The van der Waals surface area contributed by atoms with E-state index in [0.717, 1.165) is 25.2 Å². The molecule has 1 aromatic heterocycles. The highest BCUT2D eigenvalue weighted by Crippen LogP contribution is 2.36. The van der Waals surface area contributed by atoms with Crippen LogP contribution >= 0.6 is 0 Å². The van der Waals surface area contributed by atoms with E-state index in [-0.39, 0.29) is 23.3 Å². The van der Waals surface area contributed by atoms with Gasteiger partial charge in [0.25, 0.3) is 5.56 Å². The summed E-state index contributed by atoms with van der Waals surface area (Å²) in [5, 5.41) is 0. The second kappa shape index (κ2) is 7.94. The maximum Gasteiger partial charge on any atom is 0.250 e. The lowest BCUT2D eigenvalue weighted by atomic mass is 9.82. The van der Waals surface area contributed by atoms with Gasteiger partial charge in [0.15, 0.2) is 0 Å². The number of piperidine rings is 1. The number of pyridine rings is 1. The van der Waals surface area contributed by atoms with Crippen molar-refractivity contribution in [2.45, 2.75) is 31.2 Å². The maximum absolute atomic E-state index is 13.4. The van der Waals surface area contributed by atoms with E-state index in [1.54, 1.807) is 6.07 Å². The highest BCUT2D eigenvalue weighted by Gasteiger charge is 2.36. The van der Waals surface area contributed by atoms with E-state index >= 15 is 0 Å². The number of hydrogen-bond acceptors (Lipinski definition) is 2. The van der Waals surface area contributed by atoms with Crippen LogP contribution in [0.4, 0.5) is 0 Å². The van der Waals surface area contributed by atoms with Crippen molar-refractivity contribution in [3.05, 3.63) is 106 Å². The van der Waals surface area contributed by atoms with E-state index in [4.69, 9.17) is 0 Å². The summed E-state index contributed by atoms with van der Waals surface area (Å²) in [6, 6.07) is 26.1. The molecular weight excluding hydrogens is 372 g/mol. The maximum atomic E-state index is 13.4. The van der Waals surface area contributed by atoms with Gasteiger partial charge in [-0.2, -0.15) is 0 Å². The highest BCUT2D eigenvalue weighted by atomic mass is 16.2. The standard InChI is InChI=1S/C26H26N2O2/c29-25-13-7-12-24-22-14-19(17-28(24)25)16-27(18-22)26(30)15-23(20-8-3-1-4-9-20)21-10-5-2-6-11-21/h1-13,19,22-23H,14-18H2/t19-,22+/m1/s1. The lowest BCUT2D eigenvalue weighted by molar-refractivity contribution is -0.134. The molecule has 4 heteroatoms. The van der Waals surface area contributed by atoms with Crippen LogP contribution in [0.2, 0.25) is 0 Å². The zero-order chi connectivity index (χ0) is 20.5. The van der Waals surface area contributed by atoms with Crippen molar-refractivity contribution in [1.29, 1.82) is 0 Å². The smallest absolute Gasteiger partial charge is 0.250 e. The fourth-order valence-electron chi connectivity index (χ4n) is 5.20. The molecule has 152 valence electrons. The summed E-state index contributed by atoms with van der Waals surface area (Å²) in [6.45, 7) is 2.16. The molecule has 2 atom stereocenters. The second-order valence-electron chi connectivity index (χ2n) is 8.57. The first-order chi connectivity index (χ1) is 14.7. The summed E-state index contributed by atoms with van der Waals surface area (Å²) in [5.41, 5.74) is 3.51. The molecule has 2 bridgehead atoms. The van der Waals surface area contributed by atoms with Gasteiger partial charge in [-0.3, -0.25) is 9.59 Å². The largest absolute Gasteiger partial charge is 0.342 e. The number of amides is 1. The van der Waals surface area contributed by atoms with Gasteiger partial charge in [0.05, 0.1) is 0 Å². The molecule has 3 aromatic rings. The van der Waals surface area contributed by atoms with E-state index in [1.165, 1.54) is 11.1 Å². The third-order valence-electron chi connectivity index (χ3n) is 6.62. The van der Waals surface area contributed by atoms with Crippen molar-refractivity contribution in [1.82, 2.24) is 9.47 Å². The summed E-state index contributed by atoms with van der Waals surface area (Å²) in [5.74, 6) is 0.861. The van der Waals surface area contributed by atoms with Crippen LogP contribution in [0.3, 0.4) is 0 Å². The van der Waals surface area contributed by atoms with Gasteiger partial charge in [-0.25, -0.2) is 0 Å². The minimum Gasteiger partial charge on any atom is -0.342 e. The molecule has 0 radical (unpaired) electrons. The molecule has 1 saturated heterocycles. The van der Waals surface area contributed by atoms with E-state index in [0.29, 0.717) is 18.9 Å². The zero-order valence-electron chi connectivity index (χ0n) is 17.0. The third kappa shape index (κ3) is 3.58. The van der Waals surface area contributed by atoms with Gasteiger partial charge in [-0.1, -0.05) is 66.7 Å². The first kappa shape index (κ1) is 18.9. The van der Waals surface area contributed by atoms with Crippen molar-refractivity contribution >= 4 is 5.91 Å². The Hall–Kier alpha value is -3.14. The lowest BCUT2D eigenvalue weighted by Gasteiger charge is -2.43. The molecule has 0 unspecified atom stereocenters. The molecule has 0 aliphatic carbocycles. The first-order valence-corrected chi connectivity index (χ1v) is 10.8. The molecule has 5 rings (SSSR count). The van der Waals surface area contributed by atoms with Crippen LogP contribution in [0.1, 0.15) is 41.5 Å². The van der Waals surface area contributed by atoms with Crippen LogP contribution in [0.25, 0.3) is 0 Å². The van der Waals surface area contributed by atoms with Crippen molar-refractivity contribution in [2.75, 3.05) is 13.1 Å². The van der Waals surface area contributed by atoms with Crippen LogP contribution in [0, 0.1) is 5.92 Å². The number of likely N-dealkylation sites (tertiary alicyclic amines) is 1. The zero-order valence-corrected chi connectivity index (χ0v) is 17.0. The number of benzene rings is 2. The number of carbonyl (C=O) groups excluding carboxylic acids is 1. The fourth-order valence-corrected chi connectivity index (χ4v) is 5.20. The van der Waals surface area contributed by atoms with E-state index < -0.39 is 0 Å². The number of nitrogens with zero attached hydrogens (tertiary/aromatic N) is 2. The molecule has 0 N–H and O–H groups in total. The average Bonchev–Trinajstić information content (AvgIpc) is 2.79. The summed E-state index contributed by atoms with van der Waals surface area (Å²) >= 11 is 0. The molecular formula is C26H26N2O2. The minimum absolute atomic E-state index is 0.0524. The Labute approximate surface area is 176 Å². The minimum atomic E-state index is 0.0524. The average molecular weight is 399 g/mol. The molecule has 0 saturated carbocycles. The van der Waals surface area contributed by atoms with Crippen molar-refractivity contribution in [2.24, 2.45) is 5.92 Å². The van der Waals surface area contributed by atoms with Gasteiger partial charge in [0.1, 0.15) is 0 Å². The first-order valence-electron chi connectivity index (χ1n) is 10.8. The van der Waals surface area contributed by atoms with Crippen LogP contribution in [0.5, 0.6) is 0 Å². The molecule has 3 heterocycles. The van der Waals surface area contributed by atoms with Gasteiger partial charge < -0.3 is 9.47 Å². The Bertz CT molecular complexity index is 1050. The van der Waals surface area contributed by atoms with Crippen LogP contribution < -0.4 is 5.56 Å². The lowest BCUT2D eigenvalue weighted by Crippen LogP contribution is -2.49. The van der Waals surface area contributed by atoms with Crippen molar-refractivity contribution in [3.8, 4) is 0 Å². The topological polar surface area (TPSA) is 42.3 Å².